The lowest BCUT2D eigenvalue weighted by Gasteiger charge is -1.99. The monoisotopic (exact) mass is 337 g/mol. The molecule has 1 atom stereocenters. The molecule has 0 spiro atoms. The Labute approximate surface area is 141 Å². The van der Waals surface area contributed by atoms with Crippen LogP contribution in [-0.4, -0.2) is 13.1 Å². The molecule has 4 aromatic rings. The quantitative estimate of drug-likeness (QED) is 0.349. The van der Waals surface area contributed by atoms with Crippen molar-refractivity contribution in [3.05, 3.63) is 78.1 Å². The molecule has 4 rings (SSSR count). The lowest BCUT2D eigenvalue weighted by molar-refractivity contribution is 0.0603. The second kappa shape index (κ2) is 5.73. The van der Waals surface area contributed by atoms with Gasteiger partial charge in [0.05, 0.1) is 7.11 Å². The SMILES string of the molecule is COC(=O)c1cccc2c3ccccc3[s+](-c3ccc(F)cc3)c12. The van der Waals surface area contributed by atoms with Crippen LogP contribution in [0.5, 0.6) is 0 Å². The molecule has 0 bridgehead atoms. The van der Waals surface area contributed by atoms with Gasteiger partial charge in [0.25, 0.3) is 0 Å². The van der Waals surface area contributed by atoms with Crippen LogP contribution >= 0.6 is 10.5 Å². The zero-order valence-corrected chi connectivity index (χ0v) is 13.8. The Bertz CT molecular complexity index is 1060. The fourth-order valence-corrected chi connectivity index (χ4v) is 5.53. The molecule has 0 amide bonds. The number of halogens is 1. The molecule has 118 valence electrons. The predicted molar refractivity (Wildman–Crippen MR) is 96.6 cm³/mol. The summed E-state index contributed by atoms with van der Waals surface area (Å²) in [7, 11) is 0.939. The maximum absolute atomic E-state index is 13.4. The number of rotatable bonds is 2. The van der Waals surface area contributed by atoms with Crippen LogP contribution in [0.15, 0.2) is 66.7 Å². The van der Waals surface area contributed by atoms with Crippen molar-refractivity contribution < 1.29 is 13.9 Å². The van der Waals surface area contributed by atoms with Crippen molar-refractivity contribution in [2.75, 3.05) is 7.11 Å². The number of carbonyl (C=O) groups is 1. The van der Waals surface area contributed by atoms with Gasteiger partial charge in [-0.2, -0.15) is 0 Å². The van der Waals surface area contributed by atoms with E-state index in [-0.39, 0.29) is 11.8 Å². The average Bonchev–Trinajstić information content (AvgIpc) is 2.96. The third-order valence-corrected chi connectivity index (χ3v) is 6.46. The molecular weight excluding hydrogens is 323 g/mol. The number of hydrogen-bond donors (Lipinski definition) is 0. The fraction of sp³-hybridized carbons (Fsp3) is 0.0500. The number of fused-ring (bicyclic) bond motifs is 3. The molecule has 0 fully saturated rings. The van der Waals surface area contributed by atoms with Gasteiger partial charge < -0.3 is 4.74 Å². The predicted octanol–water partition coefficient (Wildman–Crippen LogP) is 5.66. The van der Waals surface area contributed by atoms with Crippen molar-refractivity contribution in [3.8, 4) is 4.90 Å². The molecule has 24 heavy (non-hydrogen) atoms. The van der Waals surface area contributed by atoms with Gasteiger partial charge in [-0.05, 0) is 36.4 Å². The molecule has 0 saturated heterocycles. The zero-order valence-electron chi connectivity index (χ0n) is 13.0. The van der Waals surface area contributed by atoms with Gasteiger partial charge in [0.15, 0.2) is 9.60 Å². The second-order valence-electron chi connectivity index (χ2n) is 5.43. The van der Waals surface area contributed by atoms with Crippen molar-refractivity contribution in [1.29, 1.82) is 0 Å². The van der Waals surface area contributed by atoms with Gasteiger partial charge >= 0.3 is 5.97 Å². The topological polar surface area (TPSA) is 26.3 Å². The summed E-state index contributed by atoms with van der Waals surface area (Å²) >= 11 is 0. The lowest BCUT2D eigenvalue weighted by atomic mass is 10.1. The first-order valence-corrected chi connectivity index (χ1v) is 8.74. The standard InChI is InChI=1S/C20H14FO2S/c1-23-20(22)17-7-4-6-16-15-5-2-3-8-18(15)24(19(16)17)14-11-9-13(21)10-12-14/h2-12H,1H3/q+1. The number of thiophene rings is 1. The molecule has 2 nitrogen and oxygen atoms in total. The lowest BCUT2D eigenvalue weighted by Crippen LogP contribution is -2.01. The van der Waals surface area contributed by atoms with E-state index < -0.39 is 10.5 Å². The molecule has 4 heteroatoms. The summed E-state index contributed by atoms with van der Waals surface area (Å²) in [4.78, 5) is 13.3. The van der Waals surface area contributed by atoms with Crippen LogP contribution in [0.3, 0.4) is 0 Å². The summed E-state index contributed by atoms with van der Waals surface area (Å²) < 4.78 is 20.4. The van der Waals surface area contributed by atoms with Gasteiger partial charge in [0, 0.05) is 33.4 Å². The Balaban J connectivity index is 2.19. The van der Waals surface area contributed by atoms with Gasteiger partial charge in [-0.25, -0.2) is 9.18 Å². The summed E-state index contributed by atoms with van der Waals surface area (Å²) in [6, 6.07) is 20.3. The highest BCUT2D eigenvalue weighted by Gasteiger charge is 2.28. The number of methoxy groups -OCH3 is 1. The molecular formula is C20H14FO2S+. The van der Waals surface area contributed by atoms with Gasteiger partial charge in [-0.1, -0.05) is 18.2 Å². The molecule has 1 heterocycles. The van der Waals surface area contributed by atoms with Crippen molar-refractivity contribution in [2.24, 2.45) is 0 Å². The maximum atomic E-state index is 13.4. The van der Waals surface area contributed by atoms with Crippen molar-refractivity contribution in [1.82, 2.24) is 0 Å². The first-order chi connectivity index (χ1) is 11.7. The number of carbonyl (C=O) groups excluding carboxylic acids is 1. The zero-order chi connectivity index (χ0) is 16.7. The normalized spacial score (nSPS) is 11.8. The molecule has 0 saturated carbocycles. The van der Waals surface area contributed by atoms with E-state index in [0.717, 1.165) is 25.1 Å². The summed E-state index contributed by atoms with van der Waals surface area (Å²) in [6.45, 7) is 0. The highest BCUT2D eigenvalue weighted by Crippen LogP contribution is 2.49. The van der Waals surface area contributed by atoms with Crippen LogP contribution in [-0.2, 0) is 4.74 Å². The second-order valence-corrected chi connectivity index (χ2v) is 7.36. The minimum atomic E-state index is -0.450. The number of ether oxygens (including phenoxy) is 1. The number of benzene rings is 3. The fourth-order valence-electron chi connectivity index (χ4n) is 3.03. The largest absolute Gasteiger partial charge is 0.465 e. The third-order valence-electron chi connectivity index (χ3n) is 4.07. The van der Waals surface area contributed by atoms with E-state index in [0.29, 0.717) is 5.56 Å². The van der Waals surface area contributed by atoms with Crippen LogP contribution in [0.4, 0.5) is 4.39 Å². The molecule has 1 aromatic heterocycles. The van der Waals surface area contributed by atoms with Gasteiger partial charge in [-0.3, -0.25) is 0 Å². The van der Waals surface area contributed by atoms with Crippen LogP contribution < -0.4 is 0 Å². The maximum Gasteiger partial charge on any atom is 0.343 e. The Morgan fingerprint density at radius 3 is 2.38 bits per heavy atom. The highest BCUT2D eigenvalue weighted by molar-refractivity contribution is 7.50. The average molecular weight is 337 g/mol. The molecule has 0 N–H and O–H groups in total. The van der Waals surface area contributed by atoms with Gasteiger partial charge in [0.2, 0.25) is 4.70 Å². The van der Waals surface area contributed by atoms with Crippen LogP contribution in [0.25, 0.3) is 25.1 Å². The molecule has 1 unspecified atom stereocenters. The first kappa shape index (κ1) is 14.8. The van der Waals surface area contributed by atoms with Crippen molar-refractivity contribution in [2.45, 2.75) is 0 Å². The van der Waals surface area contributed by atoms with Gasteiger partial charge in [-0.15, -0.1) is 0 Å². The minimum absolute atomic E-state index is 0.267. The van der Waals surface area contributed by atoms with Crippen LogP contribution in [0.2, 0.25) is 0 Å². The molecule has 3 aromatic carbocycles. The Morgan fingerprint density at radius 2 is 1.62 bits per heavy atom. The van der Waals surface area contributed by atoms with Crippen LogP contribution in [0, 0.1) is 5.82 Å². The number of hydrogen-bond acceptors (Lipinski definition) is 2. The highest BCUT2D eigenvalue weighted by atomic mass is 32.2. The smallest absolute Gasteiger partial charge is 0.343 e. The van der Waals surface area contributed by atoms with E-state index in [1.807, 2.05) is 24.3 Å². The Morgan fingerprint density at radius 1 is 0.917 bits per heavy atom. The summed E-state index contributed by atoms with van der Waals surface area (Å²) in [5.74, 6) is -0.615. The Hall–Kier alpha value is -2.72. The summed E-state index contributed by atoms with van der Waals surface area (Å²) in [5, 5.41) is 2.16. The van der Waals surface area contributed by atoms with E-state index in [1.54, 1.807) is 18.2 Å². The number of esters is 1. The van der Waals surface area contributed by atoms with E-state index >= 15 is 0 Å². The van der Waals surface area contributed by atoms with Crippen molar-refractivity contribution >= 4 is 36.6 Å². The van der Waals surface area contributed by atoms with Gasteiger partial charge in [0.1, 0.15) is 11.4 Å². The van der Waals surface area contributed by atoms with E-state index in [1.165, 1.54) is 19.2 Å². The van der Waals surface area contributed by atoms with Crippen LogP contribution in [0.1, 0.15) is 10.4 Å². The minimum Gasteiger partial charge on any atom is -0.465 e. The molecule has 0 aliphatic heterocycles. The Kier molecular flexibility index (Phi) is 3.54. The molecule has 0 aliphatic carbocycles. The first-order valence-electron chi connectivity index (χ1n) is 7.51. The third kappa shape index (κ3) is 2.19. The van der Waals surface area contributed by atoms with E-state index in [9.17, 15) is 9.18 Å². The molecule has 0 radical (unpaired) electrons. The molecule has 0 aliphatic rings. The van der Waals surface area contributed by atoms with E-state index in [2.05, 4.69) is 12.1 Å². The summed E-state index contributed by atoms with van der Waals surface area (Å²) in [5.41, 5.74) is 0.568. The van der Waals surface area contributed by atoms with Crippen molar-refractivity contribution in [3.63, 3.8) is 0 Å². The van der Waals surface area contributed by atoms with E-state index in [4.69, 9.17) is 4.74 Å². The summed E-state index contributed by atoms with van der Waals surface area (Å²) in [6.07, 6.45) is 0.